The Labute approximate surface area is 120 Å². The van der Waals surface area contributed by atoms with Crippen LogP contribution < -0.4 is 16.0 Å². The topological polar surface area (TPSA) is 97.0 Å². The Morgan fingerprint density at radius 2 is 2.10 bits per heavy atom. The Morgan fingerprint density at radius 1 is 1.35 bits per heavy atom. The number of nitrogens with one attached hydrogen (secondary N) is 1. The fourth-order valence-corrected chi connectivity index (χ4v) is 1.78. The van der Waals surface area contributed by atoms with Crippen LogP contribution in [0, 0.1) is 0 Å². The van der Waals surface area contributed by atoms with Gasteiger partial charge in [0.2, 0.25) is 0 Å². The summed E-state index contributed by atoms with van der Waals surface area (Å²) in [6, 6.07) is 5.14. The highest BCUT2D eigenvalue weighted by atomic mass is 35.5. The van der Waals surface area contributed by atoms with Crippen molar-refractivity contribution in [2.24, 2.45) is 0 Å². The molecule has 2 heterocycles. The number of amides is 1. The van der Waals surface area contributed by atoms with Gasteiger partial charge >= 0.3 is 0 Å². The van der Waals surface area contributed by atoms with Gasteiger partial charge in [0.15, 0.2) is 22.5 Å². The molecule has 0 aliphatic heterocycles. The summed E-state index contributed by atoms with van der Waals surface area (Å²) in [7, 11) is 3.51. The van der Waals surface area contributed by atoms with E-state index in [-0.39, 0.29) is 16.7 Å². The fraction of sp³-hybridized carbons (Fsp3) is 0.167. The maximum atomic E-state index is 12.1. The Morgan fingerprint density at radius 3 is 2.70 bits per heavy atom. The zero-order valence-corrected chi connectivity index (χ0v) is 11.7. The fourth-order valence-electron chi connectivity index (χ4n) is 1.48. The molecule has 0 bridgehead atoms. The number of rotatable bonds is 3. The van der Waals surface area contributed by atoms with Gasteiger partial charge in [0.05, 0.1) is 0 Å². The molecule has 0 aromatic carbocycles. The largest absolute Gasteiger partial charge is 0.382 e. The predicted octanol–water partition coefficient (Wildman–Crippen LogP) is 1.43. The molecule has 7 nitrogen and oxygen atoms in total. The summed E-state index contributed by atoms with van der Waals surface area (Å²) in [4.78, 5) is 25.8. The van der Waals surface area contributed by atoms with Crippen molar-refractivity contribution in [1.82, 2.24) is 15.0 Å². The summed E-state index contributed by atoms with van der Waals surface area (Å²) < 4.78 is 0. The molecule has 104 valence electrons. The van der Waals surface area contributed by atoms with Gasteiger partial charge in [0.1, 0.15) is 5.82 Å². The summed E-state index contributed by atoms with van der Waals surface area (Å²) >= 11 is 5.98. The number of nitrogens with zero attached hydrogens (tertiary/aromatic N) is 4. The highest BCUT2D eigenvalue weighted by Crippen LogP contribution is 2.22. The molecule has 0 aliphatic rings. The molecule has 20 heavy (non-hydrogen) atoms. The molecule has 3 N–H and O–H groups in total. The monoisotopic (exact) mass is 292 g/mol. The van der Waals surface area contributed by atoms with E-state index in [1.165, 1.54) is 0 Å². The van der Waals surface area contributed by atoms with Crippen LogP contribution in [0.25, 0.3) is 0 Å². The second kappa shape index (κ2) is 5.70. The zero-order chi connectivity index (χ0) is 14.7. The van der Waals surface area contributed by atoms with Gasteiger partial charge < -0.3 is 16.0 Å². The Balaban J connectivity index is 2.29. The van der Waals surface area contributed by atoms with E-state index < -0.39 is 5.91 Å². The smallest absolute Gasteiger partial charge is 0.279 e. The second-order valence-corrected chi connectivity index (χ2v) is 4.49. The van der Waals surface area contributed by atoms with Gasteiger partial charge in [-0.3, -0.25) is 4.79 Å². The third kappa shape index (κ3) is 2.94. The van der Waals surface area contributed by atoms with Gasteiger partial charge in [-0.2, -0.15) is 0 Å². The first-order valence-electron chi connectivity index (χ1n) is 5.71. The summed E-state index contributed by atoms with van der Waals surface area (Å²) in [6.45, 7) is 0. The molecule has 0 saturated heterocycles. The van der Waals surface area contributed by atoms with Gasteiger partial charge in [0.25, 0.3) is 5.91 Å². The van der Waals surface area contributed by atoms with E-state index in [0.717, 1.165) is 0 Å². The summed E-state index contributed by atoms with van der Waals surface area (Å²) in [5, 5.41) is 2.68. The lowest BCUT2D eigenvalue weighted by atomic mass is 10.3. The van der Waals surface area contributed by atoms with E-state index in [0.29, 0.717) is 11.6 Å². The third-order valence-electron chi connectivity index (χ3n) is 2.41. The minimum Gasteiger partial charge on any atom is -0.382 e. The lowest BCUT2D eigenvalue weighted by Crippen LogP contribution is -2.20. The molecular weight excluding hydrogens is 280 g/mol. The SMILES string of the molecule is CN(C)c1nc(N)c(C(=O)Nc2ccccn2)nc1Cl. The van der Waals surface area contributed by atoms with Crippen LogP contribution in [0.3, 0.4) is 0 Å². The maximum Gasteiger partial charge on any atom is 0.279 e. The standard InChI is InChI=1S/C12H13ClN6O/c1-19(2)11-9(13)17-8(10(14)18-11)12(20)16-7-5-3-4-6-15-7/h3-6H,1-2H3,(H2,14,18)(H,15,16,20). The lowest BCUT2D eigenvalue weighted by Gasteiger charge is -2.14. The third-order valence-corrected chi connectivity index (χ3v) is 2.66. The number of hydrogen-bond donors (Lipinski definition) is 2. The molecule has 0 aliphatic carbocycles. The molecule has 0 spiro atoms. The Hall–Kier alpha value is -2.41. The molecular formula is C12H13ClN6O. The first-order chi connectivity index (χ1) is 9.49. The van der Waals surface area contributed by atoms with Crippen molar-refractivity contribution < 1.29 is 4.79 Å². The van der Waals surface area contributed by atoms with Gasteiger partial charge in [-0.15, -0.1) is 0 Å². The van der Waals surface area contributed by atoms with E-state index in [9.17, 15) is 4.79 Å². The Kier molecular flexibility index (Phi) is 3.99. The van der Waals surface area contributed by atoms with E-state index in [1.54, 1.807) is 43.4 Å². The van der Waals surface area contributed by atoms with E-state index in [4.69, 9.17) is 17.3 Å². The first-order valence-corrected chi connectivity index (χ1v) is 6.09. The molecule has 0 unspecified atom stereocenters. The average Bonchev–Trinajstić information content (AvgIpc) is 2.41. The van der Waals surface area contributed by atoms with E-state index in [1.807, 2.05) is 0 Å². The molecule has 2 rings (SSSR count). The number of carbonyl (C=O) groups excluding carboxylic acids is 1. The molecule has 2 aromatic rings. The van der Waals surface area contributed by atoms with Gasteiger partial charge in [-0.05, 0) is 12.1 Å². The van der Waals surface area contributed by atoms with Crippen LogP contribution in [-0.2, 0) is 0 Å². The molecule has 1 amide bonds. The number of halogens is 1. The number of nitrogen functional groups attached to an aromatic ring is 1. The van der Waals surface area contributed by atoms with E-state index in [2.05, 4.69) is 20.3 Å². The predicted molar refractivity (Wildman–Crippen MR) is 78.0 cm³/mol. The van der Waals surface area contributed by atoms with Crippen LogP contribution in [0.2, 0.25) is 5.15 Å². The van der Waals surface area contributed by atoms with Crippen LogP contribution in [0.15, 0.2) is 24.4 Å². The minimum atomic E-state index is -0.513. The summed E-state index contributed by atoms with van der Waals surface area (Å²) in [5.74, 6) is 0.289. The average molecular weight is 293 g/mol. The van der Waals surface area contributed by atoms with Crippen LogP contribution in [0.4, 0.5) is 17.5 Å². The van der Waals surface area contributed by atoms with Gasteiger partial charge in [-0.1, -0.05) is 17.7 Å². The highest BCUT2D eigenvalue weighted by molar-refractivity contribution is 6.32. The Bertz CT molecular complexity index is 631. The van der Waals surface area contributed by atoms with Gasteiger partial charge in [-0.25, -0.2) is 15.0 Å². The number of carbonyl (C=O) groups is 1. The molecule has 0 saturated carbocycles. The summed E-state index contributed by atoms with van der Waals surface area (Å²) in [5.41, 5.74) is 5.71. The molecule has 0 atom stereocenters. The van der Waals surface area contributed by atoms with Crippen LogP contribution in [-0.4, -0.2) is 35.0 Å². The number of hydrogen-bond acceptors (Lipinski definition) is 6. The molecule has 8 heteroatoms. The number of aromatic nitrogens is 3. The number of nitrogens with two attached hydrogens (primary N) is 1. The van der Waals surface area contributed by atoms with Gasteiger partial charge in [0, 0.05) is 20.3 Å². The van der Waals surface area contributed by atoms with Crippen LogP contribution in [0.1, 0.15) is 10.5 Å². The van der Waals surface area contributed by atoms with Crippen molar-refractivity contribution in [2.75, 3.05) is 30.0 Å². The first kappa shape index (κ1) is 14.0. The van der Waals surface area contributed by atoms with E-state index >= 15 is 0 Å². The molecule has 2 aromatic heterocycles. The van der Waals surface area contributed by atoms with Crippen molar-refractivity contribution in [2.45, 2.75) is 0 Å². The van der Waals surface area contributed by atoms with Crippen LogP contribution in [0.5, 0.6) is 0 Å². The normalized spacial score (nSPS) is 10.2. The highest BCUT2D eigenvalue weighted by Gasteiger charge is 2.18. The van der Waals surface area contributed by atoms with Crippen molar-refractivity contribution in [1.29, 1.82) is 0 Å². The van der Waals surface area contributed by atoms with Crippen molar-refractivity contribution in [3.8, 4) is 0 Å². The van der Waals surface area contributed by atoms with Crippen molar-refractivity contribution in [3.05, 3.63) is 35.2 Å². The minimum absolute atomic E-state index is 0.00605. The van der Waals surface area contributed by atoms with Crippen molar-refractivity contribution in [3.63, 3.8) is 0 Å². The molecule has 0 radical (unpaired) electrons. The van der Waals surface area contributed by atoms with Crippen LogP contribution >= 0.6 is 11.6 Å². The summed E-state index contributed by atoms with van der Waals surface area (Å²) in [6.07, 6.45) is 1.56. The number of pyridine rings is 1. The molecule has 0 fully saturated rings. The quantitative estimate of drug-likeness (QED) is 0.888. The number of anilines is 3. The lowest BCUT2D eigenvalue weighted by molar-refractivity contribution is 0.102. The maximum absolute atomic E-state index is 12.1. The zero-order valence-electron chi connectivity index (χ0n) is 11.0. The van der Waals surface area contributed by atoms with Crippen molar-refractivity contribution >= 4 is 35.0 Å². The second-order valence-electron chi connectivity index (χ2n) is 4.14.